The van der Waals surface area contributed by atoms with Crippen LogP contribution in [0.15, 0.2) is 18.2 Å². The van der Waals surface area contributed by atoms with Gasteiger partial charge in [-0.25, -0.2) is 0 Å². The number of unbranched alkanes of at least 4 members (excludes halogenated alkanes) is 3. The first-order chi connectivity index (χ1) is 9.19. The fourth-order valence-electron chi connectivity index (χ4n) is 2.45. The van der Waals surface area contributed by atoms with Gasteiger partial charge in [-0.05, 0) is 49.6 Å². The molecular weight excluding hydrogens is 254 g/mol. The van der Waals surface area contributed by atoms with Gasteiger partial charge >= 0.3 is 0 Å². The lowest BCUT2D eigenvalue weighted by Crippen LogP contribution is -2.23. The van der Waals surface area contributed by atoms with Gasteiger partial charge in [-0.1, -0.05) is 57.2 Å². The van der Waals surface area contributed by atoms with Gasteiger partial charge < -0.3 is 5.32 Å². The molecule has 1 unspecified atom stereocenters. The Morgan fingerprint density at radius 3 is 2.58 bits per heavy atom. The molecule has 1 rings (SSSR count). The highest BCUT2D eigenvalue weighted by atomic mass is 35.5. The Labute approximate surface area is 123 Å². The van der Waals surface area contributed by atoms with E-state index >= 15 is 0 Å². The molecule has 0 aromatic heterocycles. The van der Waals surface area contributed by atoms with Gasteiger partial charge in [-0.3, -0.25) is 0 Å². The lowest BCUT2D eigenvalue weighted by atomic mass is 9.96. The van der Waals surface area contributed by atoms with E-state index in [1.165, 1.54) is 49.7 Å². The average molecular weight is 282 g/mol. The predicted octanol–water partition coefficient (Wildman–Crippen LogP) is 5.66. The summed E-state index contributed by atoms with van der Waals surface area (Å²) in [5.74, 6) is 0. The molecule has 0 aliphatic heterocycles. The average Bonchev–Trinajstić information content (AvgIpc) is 2.41. The number of nitrogens with one attached hydrogen (secondary N) is 1. The van der Waals surface area contributed by atoms with Gasteiger partial charge in [0, 0.05) is 11.1 Å². The molecule has 0 bridgehead atoms. The fraction of sp³-hybridized carbons (Fsp3) is 0.647. The summed E-state index contributed by atoms with van der Waals surface area (Å²) in [5.41, 5.74) is 2.71. The molecule has 1 aromatic carbocycles. The van der Waals surface area contributed by atoms with E-state index in [1.54, 1.807) is 0 Å². The smallest absolute Gasteiger partial charge is 0.0409 e. The van der Waals surface area contributed by atoms with Crippen LogP contribution in [0.2, 0.25) is 5.02 Å². The summed E-state index contributed by atoms with van der Waals surface area (Å²) in [6, 6.07) is 6.69. The SMILES string of the molecule is CCCCCCC(NCCC)c1cc(Cl)ccc1C. The molecule has 1 aromatic rings. The minimum absolute atomic E-state index is 0.454. The molecule has 0 fully saturated rings. The Bertz CT molecular complexity index is 362. The largest absolute Gasteiger partial charge is 0.310 e. The van der Waals surface area contributed by atoms with Crippen molar-refractivity contribution in [3.63, 3.8) is 0 Å². The van der Waals surface area contributed by atoms with E-state index in [0.29, 0.717) is 6.04 Å². The van der Waals surface area contributed by atoms with Gasteiger partial charge in [0.25, 0.3) is 0 Å². The Balaban J connectivity index is 2.68. The second-order valence-corrected chi connectivity index (χ2v) is 5.79. The van der Waals surface area contributed by atoms with Crippen LogP contribution in [0, 0.1) is 6.92 Å². The standard InChI is InChI=1S/C17H28ClN/c1-4-6-7-8-9-17(19-12-5-2)16-13-15(18)11-10-14(16)3/h10-11,13,17,19H,4-9,12H2,1-3H3. The van der Waals surface area contributed by atoms with Gasteiger partial charge in [-0.15, -0.1) is 0 Å². The van der Waals surface area contributed by atoms with Gasteiger partial charge in [0.2, 0.25) is 0 Å². The number of hydrogen-bond acceptors (Lipinski definition) is 1. The summed E-state index contributed by atoms with van der Waals surface area (Å²) < 4.78 is 0. The molecule has 108 valence electrons. The Morgan fingerprint density at radius 1 is 1.11 bits per heavy atom. The summed E-state index contributed by atoms with van der Waals surface area (Å²) in [5, 5.41) is 4.52. The molecule has 0 radical (unpaired) electrons. The van der Waals surface area contributed by atoms with E-state index in [2.05, 4.69) is 38.2 Å². The minimum atomic E-state index is 0.454. The van der Waals surface area contributed by atoms with Crippen molar-refractivity contribution in [2.45, 2.75) is 65.3 Å². The summed E-state index contributed by atoms with van der Waals surface area (Å²) in [6.45, 7) is 7.72. The molecule has 1 N–H and O–H groups in total. The first-order valence-corrected chi connectivity index (χ1v) is 8.06. The van der Waals surface area contributed by atoms with Crippen LogP contribution in [0.1, 0.15) is 69.5 Å². The number of aryl methyl sites for hydroxylation is 1. The van der Waals surface area contributed by atoms with Crippen LogP contribution in [0.25, 0.3) is 0 Å². The van der Waals surface area contributed by atoms with Gasteiger partial charge in [0.05, 0.1) is 0 Å². The van der Waals surface area contributed by atoms with Crippen molar-refractivity contribution in [2.75, 3.05) is 6.54 Å². The van der Waals surface area contributed by atoms with Crippen LogP contribution in [0.4, 0.5) is 0 Å². The first-order valence-electron chi connectivity index (χ1n) is 7.68. The van der Waals surface area contributed by atoms with Crippen molar-refractivity contribution in [1.82, 2.24) is 5.32 Å². The third kappa shape index (κ3) is 5.97. The number of hydrogen-bond donors (Lipinski definition) is 1. The highest BCUT2D eigenvalue weighted by molar-refractivity contribution is 6.30. The summed E-state index contributed by atoms with van der Waals surface area (Å²) in [7, 11) is 0. The second-order valence-electron chi connectivity index (χ2n) is 5.36. The monoisotopic (exact) mass is 281 g/mol. The quantitative estimate of drug-likeness (QED) is 0.576. The van der Waals surface area contributed by atoms with E-state index < -0.39 is 0 Å². The van der Waals surface area contributed by atoms with E-state index in [0.717, 1.165) is 11.6 Å². The number of rotatable bonds is 9. The van der Waals surface area contributed by atoms with Crippen molar-refractivity contribution < 1.29 is 0 Å². The Morgan fingerprint density at radius 2 is 1.89 bits per heavy atom. The molecule has 0 heterocycles. The van der Waals surface area contributed by atoms with Crippen molar-refractivity contribution >= 4 is 11.6 Å². The molecule has 0 aliphatic carbocycles. The normalized spacial score (nSPS) is 12.6. The maximum Gasteiger partial charge on any atom is 0.0409 e. The van der Waals surface area contributed by atoms with E-state index in [9.17, 15) is 0 Å². The zero-order chi connectivity index (χ0) is 14.1. The zero-order valence-corrected chi connectivity index (χ0v) is 13.4. The molecule has 0 amide bonds. The van der Waals surface area contributed by atoms with E-state index in [4.69, 9.17) is 11.6 Å². The molecule has 0 saturated heterocycles. The van der Waals surface area contributed by atoms with E-state index in [-0.39, 0.29) is 0 Å². The molecule has 19 heavy (non-hydrogen) atoms. The van der Waals surface area contributed by atoms with Crippen LogP contribution in [-0.4, -0.2) is 6.54 Å². The first kappa shape index (κ1) is 16.5. The Hall–Kier alpha value is -0.530. The van der Waals surface area contributed by atoms with E-state index in [1.807, 2.05) is 6.07 Å². The van der Waals surface area contributed by atoms with Crippen LogP contribution in [-0.2, 0) is 0 Å². The van der Waals surface area contributed by atoms with Gasteiger partial charge in [0.15, 0.2) is 0 Å². The summed E-state index contributed by atoms with van der Waals surface area (Å²) in [6.07, 6.45) is 7.64. The molecule has 1 atom stereocenters. The third-order valence-corrected chi connectivity index (χ3v) is 3.84. The predicted molar refractivity (Wildman–Crippen MR) is 86.0 cm³/mol. The molecular formula is C17H28ClN. The summed E-state index contributed by atoms with van der Waals surface area (Å²) in [4.78, 5) is 0. The van der Waals surface area contributed by atoms with Crippen LogP contribution in [0.3, 0.4) is 0 Å². The van der Waals surface area contributed by atoms with Crippen molar-refractivity contribution in [1.29, 1.82) is 0 Å². The van der Waals surface area contributed by atoms with Crippen LogP contribution >= 0.6 is 11.6 Å². The highest BCUT2D eigenvalue weighted by Crippen LogP contribution is 2.26. The minimum Gasteiger partial charge on any atom is -0.310 e. The number of halogens is 1. The lowest BCUT2D eigenvalue weighted by molar-refractivity contribution is 0.469. The highest BCUT2D eigenvalue weighted by Gasteiger charge is 2.13. The zero-order valence-electron chi connectivity index (χ0n) is 12.6. The molecule has 1 nitrogen and oxygen atoms in total. The number of benzene rings is 1. The van der Waals surface area contributed by atoms with Crippen LogP contribution < -0.4 is 5.32 Å². The van der Waals surface area contributed by atoms with Crippen molar-refractivity contribution in [3.05, 3.63) is 34.3 Å². The topological polar surface area (TPSA) is 12.0 Å². The maximum atomic E-state index is 6.15. The second kappa shape index (κ2) is 9.39. The molecule has 0 saturated carbocycles. The van der Waals surface area contributed by atoms with Crippen molar-refractivity contribution in [3.8, 4) is 0 Å². The maximum absolute atomic E-state index is 6.15. The third-order valence-electron chi connectivity index (χ3n) is 3.60. The van der Waals surface area contributed by atoms with Crippen LogP contribution in [0.5, 0.6) is 0 Å². The lowest BCUT2D eigenvalue weighted by Gasteiger charge is -2.21. The Kier molecular flexibility index (Phi) is 8.16. The van der Waals surface area contributed by atoms with Gasteiger partial charge in [-0.2, -0.15) is 0 Å². The fourth-order valence-corrected chi connectivity index (χ4v) is 2.63. The summed E-state index contributed by atoms with van der Waals surface area (Å²) >= 11 is 6.15. The van der Waals surface area contributed by atoms with Crippen molar-refractivity contribution in [2.24, 2.45) is 0 Å². The molecule has 0 spiro atoms. The molecule has 0 aliphatic rings. The molecule has 2 heteroatoms. The van der Waals surface area contributed by atoms with Gasteiger partial charge in [0.1, 0.15) is 0 Å².